The first-order valence-electron chi connectivity index (χ1n) is 4.97. The van der Waals surface area contributed by atoms with Crippen LogP contribution in [0.4, 0.5) is 5.69 Å². The van der Waals surface area contributed by atoms with Crippen LogP contribution in [0.25, 0.3) is 0 Å². The van der Waals surface area contributed by atoms with E-state index in [1.807, 2.05) is 0 Å². The second-order valence-corrected chi connectivity index (χ2v) is 4.32. The maximum atomic E-state index is 11.9. The van der Waals surface area contributed by atoms with Crippen molar-refractivity contribution in [3.05, 3.63) is 52.3 Å². The molecule has 0 atom stereocenters. The largest absolute Gasteiger partial charge is 0.504 e. The summed E-state index contributed by atoms with van der Waals surface area (Å²) in [4.78, 5) is 15.7. The van der Waals surface area contributed by atoms with Gasteiger partial charge in [0.15, 0.2) is 5.75 Å². The lowest BCUT2D eigenvalue weighted by Crippen LogP contribution is -2.12. The van der Waals surface area contributed by atoms with Crippen LogP contribution in [0.15, 0.2) is 36.7 Å². The fourth-order valence-electron chi connectivity index (χ4n) is 1.36. The van der Waals surface area contributed by atoms with E-state index >= 15 is 0 Å². The van der Waals surface area contributed by atoms with Crippen LogP contribution in [-0.4, -0.2) is 16.0 Å². The lowest BCUT2D eigenvalue weighted by atomic mass is 10.2. The summed E-state index contributed by atoms with van der Waals surface area (Å²) < 4.78 is 0. The van der Waals surface area contributed by atoms with Crippen LogP contribution in [0, 0.1) is 0 Å². The van der Waals surface area contributed by atoms with E-state index in [4.69, 9.17) is 23.2 Å². The zero-order chi connectivity index (χ0) is 13.1. The smallest absolute Gasteiger partial charge is 0.255 e. The van der Waals surface area contributed by atoms with E-state index in [2.05, 4.69) is 10.3 Å². The predicted molar refractivity (Wildman–Crippen MR) is 70.3 cm³/mol. The maximum Gasteiger partial charge on any atom is 0.255 e. The molecule has 0 aliphatic carbocycles. The summed E-state index contributed by atoms with van der Waals surface area (Å²) in [6.45, 7) is 0. The minimum absolute atomic E-state index is 0.0764. The van der Waals surface area contributed by atoms with Crippen molar-refractivity contribution in [1.29, 1.82) is 0 Å². The Morgan fingerprint density at radius 3 is 2.56 bits per heavy atom. The van der Waals surface area contributed by atoms with Gasteiger partial charge in [0.2, 0.25) is 0 Å². The molecule has 0 saturated heterocycles. The number of phenolic OH excluding ortho intramolecular Hbond substituents is 1. The van der Waals surface area contributed by atoms with E-state index in [1.165, 1.54) is 24.5 Å². The highest BCUT2D eigenvalue weighted by molar-refractivity contribution is 6.36. The molecule has 18 heavy (non-hydrogen) atoms. The number of benzene rings is 1. The van der Waals surface area contributed by atoms with Gasteiger partial charge in [-0.15, -0.1) is 0 Å². The molecule has 1 amide bonds. The Bertz CT molecular complexity index is 588. The summed E-state index contributed by atoms with van der Waals surface area (Å²) >= 11 is 11.5. The Balaban J connectivity index is 2.28. The number of hydrogen-bond acceptors (Lipinski definition) is 3. The fraction of sp³-hybridized carbons (Fsp3) is 0. The topological polar surface area (TPSA) is 62.2 Å². The van der Waals surface area contributed by atoms with E-state index < -0.39 is 0 Å². The van der Waals surface area contributed by atoms with Crippen LogP contribution in [0.1, 0.15) is 10.4 Å². The Morgan fingerprint density at radius 1 is 1.22 bits per heavy atom. The van der Waals surface area contributed by atoms with Gasteiger partial charge in [-0.3, -0.25) is 9.78 Å². The lowest BCUT2D eigenvalue weighted by Gasteiger charge is -2.09. The first-order valence-corrected chi connectivity index (χ1v) is 5.73. The minimum atomic E-state index is -0.383. The highest BCUT2D eigenvalue weighted by atomic mass is 35.5. The second kappa shape index (κ2) is 5.25. The number of carbonyl (C=O) groups excluding carboxylic acids is 1. The quantitative estimate of drug-likeness (QED) is 0.831. The molecule has 0 aliphatic rings. The normalized spacial score (nSPS) is 10.1. The highest BCUT2D eigenvalue weighted by Gasteiger charge is 2.12. The van der Waals surface area contributed by atoms with Gasteiger partial charge in [-0.1, -0.05) is 23.2 Å². The molecular formula is C12H8Cl2N2O2. The number of halogens is 2. The summed E-state index contributed by atoms with van der Waals surface area (Å²) in [5, 5.41) is 12.6. The zero-order valence-electron chi connectivity index (χ0n) is 9.02. The average molecular weight is 283 g/mol. The standard InChI is InChI=1S/C12H8Cl2N2O2/c13-8-5-9(14)11(17)10(6-8)16-12(18)7-1-3-15-4-2-7/h1-6,17H,(H,16,18). The van der Waals surface area contributed by atoms with Crippen molar-refractivity contribution in [2.24, 2.45) is 0 Å². The average Bonchev–Trinajstić information content (AvgIpc) is 2.36. The zero-order valence-corrected chi connectivity index (χ0v) is 10.5. The third-order valence-corrected chi connectivity index (χ3v) is 2.73. The summed E-state index contributed by atoms with van der Waals surface area (Å²) in [6.07, 6.45) is 3.00. The number of nitrogens with zero attached hydrogens (tertiary/aromatic N) is 1. The van der Waals surface area contributed by atoms with Crippen molar-refractivity contribution in [3.8, 4) is 5.75 Å². The van der Waals surface area contributed by atoms with Gasteiger partial charge >= 0.3 is 0 Å². The van der Waals surface area contributed by atoms with Gasteiger partial charge in [0.25, 0.3) is 5.91 Å². The van der Waals surface area contributed by atoms with E-state index in [-0.39, 0.29) is 22.4 Å². The number of hydrogen-bond donors (Lipinski definition) is 2. The van der Waals surface area contributed by atoms with E-state index in [1.54, 1.807) is 12.1 Å². The van der Waals surface area contributed by atoms with Gasteiger partial charge < -0.3 is 10.4 Å². The first kappa shape index (κ1) is 12.7. The predicted octanol–water partition coefficient (Wildman–Crippen LogP) is 3.35. The molecule has 4 nitrogen and oxygen atoms in total. The number of pyridine rings is 1. The molecule has 0 spiro atoms. The third-order valence-electron chi connectivity index (χ3n) is 2.22. The summed E-state index contributed by atoms with van der Waals surface area (Å²) in [5.74, 6) is -0.602. The van der Waals surface area contributed by atoms with Crippen molar-refractivity contribution in [2.45, 2.75) is 0 Å². The number of nitrogens with one attached hydrogen (secondary N) is 1. The molecule has 92 valence electrons. The number of aromatic hydroxyl groups is 1. The van der Waals surface area contributed by atoms with E-state index in [9.17, 15) is 9.90 Å². The molecular weight excluding hydrogens is 275 g/mol. The van der Waals surface area contributed by atoms with Crippen LogP contribution in [0.2, 0.25) is 10.0 Å². The third kappa shape index (κ3) is 2.72. The summed E-state index contributed by atoms with van der Waals surface area (Å²) in [7, 11) is 0. The molecule has 0 aliphatic heterocycles. The number of anilines is 1. The second-order valence-electron chi connectivity index (χ2n) is 3.47. The van der Waals surface area contributed by atoms with Gasteiger partial charge in [-0.2, -0.15) is 0 Å². The van der Waals surface area contributed by atoms with E-state index in [0.29, 0.717) is 10.6 Å². The van der Waals surface area contributed by atoms with Gasteiger partial charge in [-0.05, 0) is 24.3 Å². The van der Waals surface area contributed by atoms with Crippen LogP contribution >= 0.6 is 23.2 Å². The maximum absolute atomic E-state index is 11.9. The number of carbonyl (C=O) groups is 1. The molecule has 0 saturated carbocycles. The molecule has 0 unspecified atom stereocenters. The Hall–Kier alpha value is -1.78. The van der Waals surface area contributed by atoms with Crippen molar-refractivity contribution in [2.75, 3.05) is 5.32 Å². The molecule has 2 aromatic rings. The van der Waals surface area contributed by atoms with Gasteiger partial charge in [-0.25, -0.2) is 0 Å². The number of aromatic nitrogens is 1. The van der Waals surface area contributed by atoms with Gasteiger partial charge in [0.1, 0.15) is 0 Å². The SMILES string of the molecule is O=C(Nc1cc(Cl)cc(Cl)c1O)c1ccncc1. The minimum Gasteiger partial charge on any atom is -0.504 e. The number of phenols is 1. The lowest BCUT2D eigenvalue weighted by molar-refractivity contribution is 0.102. The summed E-state index contributed by atoms with van der Waals surface area (Å²) in [5.41, 5.74) is 0.579. The molecule has 1 aromatic heterocycles. The monoisotopic (exact) mass is 282 g/mol. The molecule has 2 N–H and O–H groups in total. The summed E-state index contributed by atoms with van der Waals surface area (Å²) in [6, 6.07) is 5.92. The van der Waals surface area contributed by atoms with Crippen LogP contribution in [0.5, 0.6) is 5.75 Å². The Kier molecular flexibility index (Phi) is 3.69. The van der Waals surface area contributed by atoms with Crippen molar-refractivity contribution < 1.29 is 9.90 Å². The van der Waals surface area contributed by atoms with Gasteiger partial charge in [0, 0.05) is 23.0 Å². The van der Waals surface area contributed by atoms with Crippen LogP contribution < -0.4 is 5.32 Å². The van der Waals surface area contributed by atoms with Crippen molar-refractivity contribution in [3.63, 3.8) is 0 Å². The Morgan fingerprint density at radius 2 is 1.89 bits per heavy atom. The number of amides is 1. The molecule has 0 radical (unpaired) electrons. The van der Waals surface area contributed by atoms with Crippen LogP contribution in [-0.2, 0) is 0 Å². The molecule has 0 bridgehead atoms. The van der Waals surface area contributed by atoms with Crippen LogP contribution in [0.3, 0.4) is 0 Å². The highest BCUT2D eigenvalue weighted by Crippen LogP contribution is 2.35. The molecule has 2 rings (SSSR count). The van der Waals surface area contributed by atoms with Gasteiger partial charge in [0.05, 0.1) is 10.7 Å². The first-order chi connectivity index (χ1) is 8.58. The molecule has 0 fully saturated rings. The Labute approximate surface area is 113 Å². The van der Waals surface area contributed by atoms with Crippen molar-refractivity contribution in [1.82, 2.24) is 4.98 Å². The fourth-order valence-corrected chi connectivity index (χ4v) is 1.85. The number of rotatable bonds is 2. The van der Waals surface area contributed by atoms with E-state index in [0.717, 1.165) is 0 Å². The molecule has 1 heterocycles. The molecule has 1 aromatic carbocycles. The molecule has 6 heteroatoms. The van der Waals surface area contributed by atoms with Crippen molar-refractivity contribution >= 4 is 34.8 Å².